The summed E-state index contributed by atoms with van der Waals surface area (Å²) in [5.41, 5.74) is 3.19. The normalized spacial score (nSPS) is 10.4. The lowest BCUT2D eigenvalue weighted by molar-refractivity contribution is 0.432. The van der Waals surface area contributed by atoms with Gasteiger partial charge in [-0.2, -0.15) is 0 Å². The number of hydrogen-bond donors (Lipinski definition) is 0. The van der Waals surface area contributed by atoms with Gasteiger partial charge < -0.3 is 4.52 Å². The maximum absolute atomic E-state index is 5.36. The molecular weight excluding hydrogens is 210 g/mol. The first kappa shape index (κ1) is 9.85. The Kier molecular flexibility index (Phi) is 2.47. The monoisotopic (exact) mass is 221 g/mol. The molecule has 2 aromatic carbocycles. The van der Waals surface area contributed by atoms with Crippen molar-refractivity contribution in [2.45, 2.75) is 0 Å². The lowest BCUT2D eigenvalue weighted by Crippen LogP contribution is -1.78. The first-order valence-electron chi connectivity index (χ1n) is 5.50. The molecule has 1 heterocycles. The van der Waals surface area contributed by atoms with Gasteiger partial charge in [-0.25, -0.2) is 0 Å². The molecule has 17 heavy (non-hydrogen) atoms. The third kappa shape index (κ3) is 1.85. The molecule has 0 aliphatic rings. The average molecular weight is 221 g/mol. The fourth-order valence-corrected chi connectivity index (χ4v) is 1.86. The van der Waals surface area contributed by atoms with Gasteiger partial charge in [0, 0.05) is 11.1 Å². The second-order valence-electron chi connectivity index (χ2n) is 3.80. The molecular formula is C15H11NO. The first-order valence-corrected chi connectivity index (χ1v) is 5.50. The Morgan fingerprint density at radius 2 is 1.29 bits per heavy atom. The van der Waals surface area contributed by atoms with Gasteiger partial charge in [-0.05, 0) is 5.56 Å². The highest BCUT2D eigenvalue weighted by atomic mass is 16.5. The van der Waals surface area contributed by atoms with Crippen LogP contribution in [-0.4, -0.2) is 5.16 Å². The van der Waals surface area contributed by atoms with E-state index in [0.717, 1.165) is 22.5 Å². The van der Waals surface area contributed by atoms with E-state index in [0.29, 0.717) is 0 Å². The molecule has 0 aliphatic carbocycles. The van der Waals surface area contributed by atoms with E-state index >= 15 is 0 Å². The summed E-state index contributed by atoms with van der Waals surface area (Å²) in [5, 5.41) is 3.90. The van der Waals surface area contributed by atoms with Crippen molar-refractivity contribution in [2.75, 3.05) is 0 Å². The summed E-state index contributed by atoms with van der Waals surface area (Å²) >= 11 is 0. The zero-order valence-electron chi connectivity index (χ0n) is 9.21. The fourth-order valence-electron chi connectivity index (χ4n) is 1.86. The van der Waals surface area contributed by atoms with Crippen LogP contribution in [0.25, 0.3) is 22.5 Å². The summed E-state index contributed by atoms with van der Waals surface area (Å²) in [7, 11) is 0. The third-order valence-corrected chi connectivity index (χ3v) is 2.69. The molecule has 3 rings (SSSR count). The molecule has 0 spiro atoms. The molecule has 0 N–H and O–H groups in total. The van der Waals surface area contributed by atoms with Crippen LogP contribution in [-0.2, 0) is 0 Å². The van der Waals surface area contributed by atoms with Crippen LogP contribution in [0.15, 0.2) is 71.4 Å². The zero-order valence-corrected chi connectivity index (χ0v) is 9.21. The molecule has 3 aromatic rings. The second kappa shape index (κ2) is 4.26. The SMILES string of the molecule is c1ccc(-c2cnoc2-c2ccccc2)cc1. The van der Waals surface area contributed by atoms with Crippen LogP contribution in [0, 0.1) is 0 Å². The van der Waals surface area contributed by atoms with E-state index in [1.165, 1.54) is 0 Å². The molecule has 0 saturated heterocycles. The van der Waals surface area contributed by atoms with Gasteiger partial charge in [0.2, 0.25) is 0 Å². The number of rotatable bonds is 2. The largest absolute Gasteiger partial charge is 0.356 e. The van der Waals surface area contributed by atoms with Crippen LogP contribution in [0.4, 0.5) is 0 Å². The van der Waals surface area contributed by atoms with Crippen molar-refractivity contribution in [2.24, 2.45) is 0 Å². The lowest BCUT2D eigenvalue weighted by atomic mass is 10.0. The molecule has 0 unspecified atom stereocenters. The smallest absolute Gasteiger partial charge is 0.174 e. The van der Waals surface area contributed by atoms with E-state index in [-0.39, 0.29) is 0 Å². The van der Waals surface area contributed by atoms with Crippen LogP contribution in [0.1, 0.15) is 0 Å². The Bertz CT molecular complexity index is 545. The van der Waals surface area contributed by atoms with Gasteiger partial charge in [0.25, 0.3) is 0 Å². The standard InChI is InChI=1S/C15H11NO/c1-3-7-12(8-4-1)14-11-16-17-15(14)13-9-5-2-6-10-13/h1-11H. The Labute approximate surface area is 99.5 Å². The Balaban J connectivity index is 2.13. The third-order valence-electron chi connectivity index (χ3n) is 2.69. The number of nitrogens with zero attached hydrogens (tertiary/aromatic N) is 1. The summed E-state index contributed by atoms with van der Waals surface area (Å²) in [6.45, 7) is 0. The van der Waals surface area contributed by atoms with Crippen molar-refractivity contribution in [3.63, 3.8) is 0 Å². The molecule has 0 aliphatic heterocycles. The van der Waals surface area contributed by atoms with Gasteiger partial charge in [0.15, 0.2) is 5.76 Å². The summed E-state index contributed by atoms with van der Waals surface area (Å²) in [4.78, 5) is 0. The highest BCUT2D eigenvalue weighted by Crippen LogP contribution is 2.31. The molecule has 0 amide bonds. The van der Waals surface area contributed by atoms with E-state index in [1.54, 1.807) is 6.20 Å². The van der Waals surface area contributed by atoms with E-state index in [1.807, 2.05) is 48.5 Å². The molecule has 2 heteroatoms. The minimum absolute atomic E-state index is 0.816. The Morgan fingerprint density at radius 3 is 1.94 bits per heavy atom. The maximum atomic E-state index is 5.36. The number of hydrogen-bond acceptors (Lipinski definition) is 2. The fraction of sp³-hybridized carbons (Fsp3) is 0. The molecule has 1 aromatic heterocycles. The first-order chi connectivity index (χ1) is 8.45. The minimum Gasteiger partial charge on any atom is -0.356 e. The van der Waals surface area contributed by atoms with Gasteiger partial charge in [-0.3, -0.25) is 0 Å². The van der Waals surface area contributed by atoms with Gasteiger partial charge in [-0.15, -0.1) is 0 Å². The van der Waals surface area contributed by atoms with Crippen LogP contribution >= 0.6 is 0 Å². The summed E-state index contributed by atoms with van der Waals surface area (Å²) in [6, 6.07) is 20.1. The van der Waals surface area contributed by atoms with E-state index in [4.69, 9.17) is 4.52 Å². The van der Waals surface area contributed by atoms with Crippen molar-refractivity contribution in [3.05, 3.63) is 66.9 Å². The lowest BCUT2D eigenvalue weighted by Gasteiger charge is -2.00. The molecule has 82 valence electrons. The maximum Gasteiger partial charge on any atom is 0.174 e. The van der Waals surface area contributed by atoms with Crippen molar-refractivity contribution in [1.82, 2.24) is 5.16 Å². The van der Waals surface area contributed by atoms with Crippen LogP contribution in [0.3, 0.4) is 0 Å². The Hall–Kier alpha value is -2.35. The molecule has 0 fully saturated rings. The topological polar surface area (TPSA) is 26.0 Å². The molecule has 0 saturated carbocycles. The number of aromatic nitrogens is 1. The van der Waals surface area contributed by atoms with Gasteiger partial charge in [0.05, 0.1) is 6.20 Å². The van der Waals surface area contributed by atoms with Crippen LogP contribution in [0.5, 0.6) is 0 Å². The quantitative estimate of drug-likeness (QED) is 0.653. The second-order valence-corrected chi connectivity index (χ2v) is 3.80. The average Bonchev–Trinajstić information content (AvgIpc) is 2.90. The van der Waals surface area contributed by atoms with Crippen molar-refractivity contribution >= 4 is 0 Å². The minimum atomic E-state index is 0.816. The molecule has 0 bridgehead atoms. The molecule has 2 nitrogen and oxygen atoms in total. The highest BCUT2D eigenvalue weighted by Gasteiger charge is 2.11. The van der Waals surface area contributed by atoms with E-state index in [2.05, 4.69) is 17.3 Å². The van der Waals surface area contributed by atoms with Crippen molar-refractivity contribution < 1.29 is 4.52 Å². The predicted molar refractivity (Wildman–Crippen MR) is 67.4 cm³/mol. The number of benzene rings is 2. The van der Waals surface area contributed by atoms with Crippen LogP contribution in [0.2, 0.25) is 0 Å². The Morgan fingerprint density at radius 1 is 0.706 bits per heavy atom. The van der Waals surface area contributed by atoms with Gasteiger partial charge in [-0.1, -0.05) is 65.8 Å². The highest BCUT2D eigenvalue weighted by molar-refractivity contribution is 5.78. The van der Waals surface area contributed by atoms with Crippen LogP contribution < -0.4 is 0 Å². The predicted octanol–water partition coefficient (Wildman–Crippen LogP) is 4.01. The summed E-state index contributed by atoms with van der Waals surface area (Å²) in [5.74, 6) is 0.816. The van der Waals surface area contributed by atoms with E-state index in [9.17, 15) is 0 Å². The zero-order chi connectivity index (χ0) is 11.5. The molecule has 0 radical (unpaired) electrons. The van der Waals surface area contributed by atoms with Gasteiger partial charge >= 0.3 is 0 Å². The van der Waals surface area contributed by atoms with E-state index < -0.39 is 0 Å². The summed E-state index contributed by atoms with van der Waals surface area (Å²) < 4.78 is 5.36. The summed E-state index contributed by atoms with van der Waals surface area (Å²) in [6.07, 6.45) is 1.76. The molecule has 0 atom stereocenters. The van der Waals surface area contributed by atoms with Gasteiger partial charge in [0.1, 0.15) is 0 Å². The van der Waals surface area contributed by atoms with Crippen molar-refractivity contribution in [3.8, 4) is 22.5 Å². The van der Waals surface area contributed by atoms with Crippen molar-refractivity contribution in [1.29, 1.82) is 0 Å².